The Morgan fingerprint density at radius 2 is 1.81 bits per heavy atom. The number of nitrogens with zero attached hydrogens (tertiary/aromatic N) is 1. The van der Waals surface area contributed by atoms with Gasteiger partial charge in [-0.2, -0.15) is 0 Å². The highest BCUT2D eigenvalue weighted by atomic mass is 79.9. The molecule has 0 unspecified atom stereocenters. The lowest BCUT2D eigenvalue weighted by Gasteiger charge is -2.20. The molecule has 1 aliphatic heterocycles. The van der Waals surface area contributed by atoms with E-state index >= 15 is 0 Å². The van der Waals surface area contributed by atoms with Crippen LogP contribution in [0.4, 0.5) is 0 Å². The van der Waals surface area contributed by atoms with E-state index in [1.54, 1.807) is 12.1 Å². The van der Waals surface area contributed by atoms with Gasteiger partial charge in [0.1, 0.15) is 0 Å². The molecule has 0 radical (unpaired) electrons. The van der Waals surface area contributed by atoms with Gasteiger partial charge in [-0.05, 0) is 30.0 Å². The maximum atomic E-state index is 9.47. The average molecular weight is 286 g/mol. The average Bonchev–Trinajstić information content (AvgIpc) is 2.18. The van der Waals surface area contributed by atoms with Gasteiger partial charge in [-0.25, -0.2) is 0 Å². The number of fused-ring (bicyclic) bond motifs is 1. The molecule has 16 heavy (non-hydrogen) atoms. The second-order valence-corrected chi connectivity index (χ2v) is 4.17. The van der Waals surface area contributed by atoms with Crippen molar-refractivity contribution in [3.8, 4) is 11.5 Å². The molecular weight excluding hydrogens is 270 g/mol. The zero-order chi connectivity index (χ0) is 11.0. The third kappa shape index (κ3) is 2.21. The van der Waals surface area contributed by atoms with Crippen molar-refractivity contribution < 1.29 is 10.2 Å². The smallest absolute Gasteiger partial charge is 0.158 e. The van der Waals surface area contributed by atoms with Crippen molar-refractivity contribution in [2.75, 3.05) is 6.54 Å². The number of aliphatic imine (C=N–C) groups is 1. The Kier molecular flexibility index (Phi) is 3.97. The van der Waals surface area contributed by atoms with Crippen LogP contribution < -0.4 is 0 Å². The SMILES string of the molecule is Br.CC(C)C1=NCCc2cc(O)c(O)cc21. The second-order valence-electron chi connectivity index (χ2n) is 4.17. The molecule has 0 saturated heterocycles. The van der Waals surface area contributed by atoms with Crippen LogP contribution in [0.25, 0.3) is 0 Å². The van der Waals surface area contributed by atoms with Gasteiger partial charge in [-0.1, -0.05) is 13.8 Å². The fourth-order valence-corrected chi connectivity index (χ4v) is 1.94. The first-order chi connectivity index (χ1) is 7.09. The number of hydrogen-bond donors (Lipinski definition) is 2. The zero-order valence-electron chi connectivity index (χ0n) is 9.40. The summed E-state index contributed by atoms with van der Waals surface area (Å²) in [6, 6.07) is 3.25. The molecule has 1 heterocycles. The molecule has 1 aromatic rings. The van der Waals surface area contributed by atoms with Gasteiger partial charge in [0.05, 0.1) is 0 Å². The molecule has 0 spiro atoms. The molecule has 0 amide bonds. The minimum absolute atomic E-state index is 0. The molecule has 0 fully saturated rings. The van der Waals surface area contributed by atoms with Crippen LogP contribution in [0, 0.1) is 5.92 Å². The van der Waals surface area contributed by atoms with Crippen LogP contribution in [0.15, 0.2) is 17.1 Å². The Balaban J connectivity index is 0.00000128. The lowest BCUT2D eigenvalue weighted by atomic mass is 9.91. The maximum absolute atomic E-state index is 9.47. The summed E-state index contributed by atoms with van der Waals surface area (Å²) in [4.78, 5) is 4.46. The zero-order valence-corrected chi connectivity index (χ0v) is 11.1. The predicted molar refractivity (Wildman–Crippen MR) is 70.0 cm³/mol. The van der Waals surface area contributed by atoms with Crippen molar-refractivity contribution in [1.29, 1.82) is 0 Å². The summed E-state index contributed by atoms with van der Waals surface area (Å²) in [7, 11) is 0. The first-order valence-electron chi connectivity index (χ1n) is 5.19. The summed E-state index contributed by atoms with van der Waals surface area (Å²) in [5.74, 6) is 0.232. The molecular formula is C12H16BrNO2. The Morgan fingerprint density at radius 1 is 1.19 bits per heavy atom. The normalized spacial score (nSPS) is 14.1. The largest absolute Gasteiger partial charge is 0.504 e. The standard InChI is InChI=1S/C12H15NO2.BrH/c1-7(2)12-9-6-11(15)10(14)5-8(9)3-4-13-12;/h5-7,14-15H,3-4H2,1-2H3;1H. The lowest BCUT2D eigenvalue weighted by Crippen LogP contribution is -2.17. The minimum atomic E-state index is -0.0657. The van der Waals surface area contributed by atoms with Gasteiger partial charge in [0.2, 0.25) is 0 Å². The summed E-state index contributed by atoms with van der Waals surface area (Å²) >= 11 is 0. The van der Waals surface area contributed by atoms with E-state index in [9.17, 15) is 10.2 Å². The molecule has 4 heteroatoms. The molecule has 1 aromatic carbocycles. The quantitative estimate of drug-likeness (QED) is 0.780. The van der Waals surface area contributed by atoms with Gasteiger partial charge in [-0.15, -0.1) is 17.0 Å². The first kappa shape index (κ1) is 13.0. The van der Waals surface area contributed by atoms with Crippen LogP contribution in [0.2, 0.25) is 0 Å². The van der Waals surface area contributed by atoms with Crippen molar-refractivity contribution in [1.82, 2.24) is 0 Å². The topological polar surface area (TPSA) is 52.8 Å². The van der Waals surface area contributed by atoms with E-state index in [0.29, 0.717) is 5.92 Å². The highest BCUT2D eigenvalue weighted by Crippen LogP contribution is 2.31. The third-order valence-electron chi connectivity index (χ3n) is 2.69. The highest BCUT2D eigenvalue weighted by molar-refractivity contribution is 8.93. The molecule has 0 bridgehead atoms. The summed E-state index contributed by atoms with van der Waals surface area (Å²) in [5.41, 5.74) is 3.07. The van der Waals surface area contributed by atoms with E-state index in [1.165, 1.54) is 0 Å². The Labute approximate surface area is 106 Å². The van der Waals surface area contributed by atoms with Gasteiger partial charge in [0.15, 0.2) is 11.5 Å². The number of hydrogen-bond acceptors (Lipinski definition) is 3. The second kappa shape index (κ2) is 4.87. The molecule has 3 nitrogen and oxygen atoms in total. The molecule has 0 saturated carbocycles. The summed E-state index contributed by atoms with van der Waals surface area (Å²) in [5, 5.41) is 18.9. The fourth-order valence-electron chi connectivity index (χ4n) is 1.94. The van der Waals surface area contributed by atoms with Crippen LogP contribution in [0.3, 0.4) is 0 Å². The van der Waals surface area contributed by atoms with Gasteiger partial charge in [-0.3, -0.25) is 4.99 Å². The monoisotopic (exact) mass is 285 g/mol. The highest BCUT2D eigenvalue weighted by Gasteiger charge is 2.18. The molecule has 0 aliphatic carbocycles. The van der Waals surface area contributed by atoms with E-state index in [1.807, 2.05) is 0 Å². The van der Waals surface area contributed by atoms with Crippen molar-refractivity contribution in [3.05, 3.63) is 23.3 Å². The van der Waals surface area contributed by atoms with Gasteiger partial charge in [0.25, 0.3) is 0 Å². The minimum Gasteiger partial charge on any atom is -0.504 e. The number of halogens is 1. The molecule has 2 N–H and O–H groups in total. The van der Waals surface area contributed by atoms with Crippen LogP contribution in [-0.2, 0) is 6.42 Å². The van der Waals surface area contributed by atoms with Gasteiger partial charge in [0, 0.05) is 17.8 Å². The summed E-state index contributed by atoms with van der Waals surface area (Å²) in [6.45, 7) is 4.93. The van der Waals surface area contributed by atoms with Crippen molar-refractivity contribution >= 4 is 22.7 Å². The van der Waals surface area contributed by atoms with E-state index in [4.69, 9.17) is 0 Å². The van der Waals surface area contributed by atoms with E-state index in [-0.39, 0.29) is 28.5 Å². The van der Waals surface area contributed by atoms with Crippen molar-refractivity contribution in [2.45, 2.75) is 20.3 Å². The number of phenols is 2. The summed E-state index contributed by atoms with van der Waals surface area (Å²) < 4.78 is 0. The molecule has 2 rings (SSSR count). The van der Waals surface area contributed by atoms with Crippen molar-refractivity contribution in [2.24, 2.45) is 10.9 Å². The third-order valence-corrected chi connectivity index (χ3v) is 2.69. The Hall–Kier alpha value is -1.03. The van der Waals surface area contributed by atoms with Crippen LogP contribution >= 0.6 is 17.0 Å². The van der Waals surface area contributed by atoms with Crippen molar-refractivity contribution in [3.63, 3.8) is 0 Å². The fraction of sp³-hybridized carbons (Fsp3) is 0.417. The summed E-state index contributed by atoms with van der Waals surface area (Å²) in [6.07, 6.45) is 0.833. The van der Waals surface area contributed by atoms with E-state index in [2.05, 4.69) is 18.8 Å². The molecule has 0 aromatic heterocycles. The Morgan fingerprint density at radius 3 is 2.44 bits per heavy atom. The number of phenolic OH excluding ortho intramolecular Hbond substituents is 2. The van der Waals surface area contributed by atoms with Gasteiger partial charge < -0.3 is 10.2 Å². The van der Waals surface area contributed by atoms with E-state index in [0.717, 1.165) is 29.8 Å². The molecule has 88 valence electrons. The molecule has 1 aliphatic rings. The number of benzene rings is 1. The number of rotatable bonds is 1. The van der Waals surface area contributed by atoms with Crippen LogP contribution in [0.1, 0.15) is 25.0 Å². The van der Waals surface area contributed by atoms with Crippen LogP contribution in [0.5, 0.6) is 11.5 Å². The molecule has 0 atom stereocenters. The van der Waals surface area contributed by atoms with Crippen LogP contribution in [-0.4, -0.2) is 22.5 Å². The van der Waals surface area contributed by atoms with E-state index < -0.39 is 0 Å². The maximum Gasteiger partial charge on any atom is 0.158 e. The first-order valence-corrected chi connectivity index (χ1v) is 5.19. The Bertz CT molecular complexity index is 427. The number of aromatic hydroxyl groups is 2. The van der Waals surface area contributed by atoms with Gasteiger partial charge >= 0.3 is 0 Å². The lowest BCUT2D eigenvalue weighted by molar-refractivity contribution is 0.403. The predicted octanol–water partition coefficient (Wildman–Crippen LogP) is 2.68.